The number of benzene rings is 1. The van der Waals surface area contributed by atoms with Crippen LogP contribution >= 0.6 is 0 Å². The molecule has 0 saturated carbocycles. The van der Waals surface area contributed by atoms with Crippen LogP contribution in [0.4, 0.5) is 0 Å². The molecule has 0 unspecified atom stereocenters. The normalized spacial score (nSPS) is 17.9. The van der Waals surface area contributed by atoms with E-state index in [1.807, 2.05) is 24.3 Å². The van der Waals surface area contributed by atoms with Gasteiger partial charge in [-0.25, -0.2) is 0 Å². The third-order valence-corrected chi connectivity index (χ3v) is 4.12. The van der Waals surface area contributed by atoms with E-state index in [4.69, 9.17) is 0 Å². The van der Waals surface area contributed by atoms with Gasteiger partial charge in [0.25, 0.3) is 10.1 Å². The van der Waals surface area contributed by atoms with Gasteiger partial charge in [-0.15, -0.1) is 0 Å². The Hall–Kier alpha value is -1.39. The highest BCUT2D eigenvalue weighted by molar-refractivity contribution is 7.87. The van der Waals surface area contributed by atoms with Gasteiger partial charge in [0.1, 0.15) is 4.75 Å². The molecule has 1 aromatic rings. The zero-order valence-electron chi connectivity index (χ0n) is 8.79. The molecule has 0 spiro atoms. The molecule has 0 atom stereocenters. The molecule has 1 aliphatic carbocycles. The highest BCUT2D eigenvalue weighted by atomic mass is 32.2. The number of hydrogen-bond donors (Lipinski definition) is 1. The molecule has 1 N–H and O–H groups in total. The van der Waals surface area contributed by atoms with Crippen molar-refractivity contribution in [3.05, 3.63) is 47.5 Å². The maximum atomic E-state index is 11.3. The molecule has 0 radical (unpaired) electrons. The summed E-state index contributed by atoms with van der Waals surface area (Å²) in [6, 6.07) is 7.55. The minimum absolute atomic E-state index is 0.936. The quantitative estimate of drug-likeness (QED) is 0.762. The van der Waals surface area contributed by atoms with Crippen LogP contribution in [0.25, 0.3) is 12.2 Å². The smallest absolute Gasteiger partial charge is 0.277 e. The van der Waals surface area contributed by atoms with Crippen LogP contribution in [0.1, 0.15) is 18.1 Å². The second kappa shape index (κ2) is 3.57. The fraction of sp³-hybridized carbons (Fsp3) is 0.167. The van der Waals surface area contributed by atoms with Crippen LogP contribution in [0, 0.1) is 0 Å². The highest BCUT2D eigenvalue weighted by Gasteiger charge is 2.33. The number of hydrogen-bond acceptors (Lipinski definition) is 2. The van der Waals surface area contributed by atoms with E-state index in [2.05, 4.69) is 0 Å². The van der Waals surface area contributed by atoms with E-state index in [1.165, 1.54) is 19.1 Å². The topological polar surface area (TPSA) is 54.4 Å². The van der Waals surface area contributed by atoms with Gasteiger partial charge in [-0.3, -0.25) is 4.55 Å². The summed E-state index contributed by atoms with van der Waals surface area (Å²) in [5.41, 5.74) is 1.87. The van der Waals surface area contributed by atoms with Crippen LogP contribution in [0.3, 0.4) is 0 Å². The van der Waals surface area contributed by atoms with Crippen LogP contribution in [0.5, 0.6) is 0 Å². The van der Waals surface area contributed by atoms with Crippen LogP contribution in [0.15, 0.2) is 36.4 Å². The first-order valence-electron chi connectivity index (χ1n) is 4.87. The Morgan fingerprint density at radius 1 is 1.06 bits per heavy atom. The van der Waals surface area contributed by atoms with Crippen LogP contribution < -0.4 is 0 Å². The zero-order valence-corrected chi connectivity index (χ0v) is 9.61. The molecule has 1 aromatic carbocycles. The predicted molar refractivity (Wildman–Crippen MR) is 64.5 cm³/mol. The Kier molecular flexibility index (Phi) is 2.48. The Morgan fingerprint density at radius 3 is 1.88 bits per heavy atom. The largest absolute Gasteiger partial charge is 0.285 e. The molecular formula is C12H12O3S. The van der Waals surface area contributed by atoms with Gasteiger partial charge in [0.05, 0.1) is 0 Å². The van der Waals surface area contributed by atoms with Gasteiger partial charge < -0.3 is 0 Å². The van der Waals surface area contributed by atoms with E-state index < -0.39 is 14.9 Å². The van der Waals surface area contributed by atoms with Crippen LogP contribution in [-0.2, 0) is 10.1 Å². The van der Waals surface area contributed by atoms with E-state index >= 15 is 0 Å². The standard InChI is InChI=1S/C12H12O3S/c1-12(16(13,14)15)8-6-10-4-2-3-5-11(10)7-9-12/h2-9H,1H3,(H,13,14,15). The molecular weight excluding hydrogens is 224 g/mol. The van der Waals surface area contributed by atoms with Crippen molar-refractivity contribution >= 4 is 22.3 Å². The maximum absolute atomic E-state index is 11.3. The lowest BCUT2D eigenvalue weighted by atomic mass is 10.1. The highest BCUT2D eigenvalue weighted by Crippen LogP contribution is 2.27. The van der Waals surface area contributed by atoms with Crippen LogP contribution in [0.2, 0.25) is 0 Å². The molecule has 1 aliphatic rings. The van der Waals surface area contributed by atoms with E-state index in [0.717, 1.165) is 11.1 Å². The molecule has 2 rings (SSSR count). The molecule has 0 aromatic heterocycles. The summed E-state index contributed by atoms with van der Waals surface area (Å²) in [4.78, 5) is 0. The Labute approximate surface area is 94.9 Å². The van der Waals surface area contributed by atoms with Gasteiger partial charge in [0.15, 0.2) is 0 Å². The summed E-state index contributed by atoms with van der Waals surface area (Å²) in [7, 11) is -4.14. The summed E-state index contributed by atoms with van der Waals surface area (Å²) in [6.45, 7) is 1.46. The molecule has 0 amide bonds. The van der Waals surface area contributed by atoms with Crippen molar-refractivity contribution in [2.45, 2.75) is 11.7 Å². The van der Waals surface area contributed by atoms with Gasteiger partial charge in [-0.1, -0.05) is 48.6 Å². The van der Waals surface area contributed by atoms with Crippen molar-refractivity contribution in [3.8, 4) is 0 Å². The van der Waals surface area contributed by atoms with Crippen molar-refractivity contribution in [1.82, 2.24) is 0 Å². The van der Waals surface area contributed by atoms with Crippen molar-refractivity contribution in [1.29, 1.82) is 0 Å². The van der Waals surface area contributed by atoms with Crippen molar-refractivity contribution in [2.24, 2.45) is 0 Å². The minimum atomic E-state index is -4.14. The summed E-state index contributed by atoms with van der Waals surface area (Å²) < 4.78 is 30.4. The summed E-state index contributed by atoms with van der Waals surface area (Å²) in [5, 5.41) is 0. The summed E-state index contributed by atoms with van der Waals surface area (Å²) in [5.74, 6) is 0. The van der Waals surface area contributed by atoms with Crippen LogP contribution in [-0.4, -0.2) is 17.7 Å². The molecule has 0 saturated heterocycles. The first-order chi connectivity index (χ1) is 7.42. The second-order valence-corrected chi connectivity index (χ2v) is 5.78. The first kappa shape index (κ1) is 11.1. The van der Waals surface area contributed by atoms with E-state index in [-0.39, 0.29) is 0 Å². The maximum Gasteiger partial charge on any atom is 0.277 e. The first-order valence-corrected chi connectivity index (χ1v) is 6.31. The van der Waals surface area contributed by atoms with E-state index in [0.29, 0.717) is 0 Å². The predicted octanol–water partition coefficient (Wildman–Crippen LogP) is 2.37. The molecule has 16 heavy (non-hydrogen) atoms. The molecule has 0 aliphatic heterocycles. The van der Waals surface area contributed by atoms with Gasteiger partial charge in [0.2, 0.25) is 0 Å². The van der Waals surface area contributed by atoms with Gasteiger partial charge >= 0.3 is 0 Å². The number of rotatable bonds is 1. The Balaban J connectivity index is 2.58. The third-order valence-electron chi connectivity index (χ3n) is 2.74. The van der Waals surface area contributed by atoms with Gasteiger partial charge in [0, 0.05) is 0 Å². The molecule has 0 heterocycles. The lowest BCUT2D eigenvalue weighted by Crippen LogP contribution is -2.29. The average molecular weight is 236 g/mol. The fourth-order valence-electron chi connectivity index (χ4n) is 1.55. The SMILES string of the molecule is CC1(S(=O)(=O)O)C=Cc2ccccc2C=C1. The average Bonchev–Trinajstić information content (AvgIpc) is 2.39. The van der Waals surface area contributed by atoms with E-state index in [1.54, 1.807) is 12.2 Å². The third kappa shape index (κ3) is 1.81. The molecule has 4 heteroatoms. The van der Waals surface area contributed by atoms with Crippen molar-refractivity contribution in [3.63, 3.8) is 0 Å². The molecule has 3 nitrogen and oxygen atoms in total. The minimum Gasteiger partial charge on any atom is -0.285 e. The molecule has 0 fully saturated rings. The van der Waals surface area contributed by atoms with Gasteiger partial charge in [-0.2, -0.15) is 8.42 Å². The Bertz CT molecular complexity index is 535. The van der Waals surface area contributed by atoms with Crippen molar-refractivity contribution < 1.29 is 13.0 Å². The summed E-state index contributed by atoms with van der Waals surface area (Å²) in [6.07, 6.45) is 6.40. The fourth-order valence-corrected chi connectivity index (χ4v) is 2.03. The van der Waals surface area contributed by atoms with E-state index in [9.17, 15) is 13.0 Å². The molecule has 84 valence electrons. The number of fused-ring (bicyclic) bond motifs is 1. The van der Waals surface area contributed by atoms with Gasteiger partial charge in [-0.05, 0) is 18.1 Å². The lowest BCUT2D eigenvalue weighted by molar-refractivity contribution is 0.466. The monoisotopic (exact) mass is 236 g/mol. The summed E-state index contributed by atoms with van der Waals surface area (Å²) >= 11 is 0. The lowest BCUT2D eigenvalue weighted by Gasteiger charge is -2.16. The molecule has 0 bridgehead atoms. The second-order valence-electron chi connectivity index (χ2n) is 3.95. The zero-order chi connectivity index (χ0) is 11.8. The van der Waals surface area contributed by atoms with Crippen molar-refractivity contribution in [2.75, 3.05) is 0 Å². The Morgan fingerprint density at radius 2 is 1.50 bits per heavy atom.